The van der Waals surface area contributed by atoms with E-state index < -0.39 is 0 Å². The number of rotatable bonds is 5. The molecular formula is C22H26N10O. The first kappa shape index (κ1) is 21.1. The van der Waals surface area contributed by atoms with E-state index in [4.69, 9.17) is 0 Å². The molecule has 0 unspecified atom stereocenters. The lowest BCUT2D eigenvalue weighted by Gasteiger charge is -2.34. The molecule has 0 radical (unpaired) electrons. The fraction of sp³-hybridized carbons (Fsp3) is 0.409. The number of anilines is 1. The third kappa shape index (κ3) is 4.44. The average Bonchev–Trinajstić information content (AvgIpc) is 3.48. The quantitative estimate of drug-likeness (QED) is 0.496. The summed E-state index contributed by atoms with van der Waals surface area (Å²) < 4.78 is 3.45. The number of piperidine rings is 1. The highest BCUT2D eigenvalue weighted by atomic mass is 16.2. The lowest BCUT2D eigenvalue weighted by atomic mass is 10.0. The topological polar surface area (TPSA) is 120 Å². The van der Waals surface area contributed by atoms with Crippen LogP contribution in [0.3, 0.4) is 0 Å². The standard InChI is InChI=1S/C22H26N10O/c1-14(2)31-6-4-17(5-7-31)32-13-20(27-29-32)22(33)25-21-9-15-8-16(10-23-18(15)11-24-21)19-12-30(3)28-26-19/h8-14,17H,4-7H2,1-3H3,(H,24,25,33). The van der Waals surface area contributed by atoms with Crippen molar-refractivity contribution in [3.05, 3.63) is 42.6 Å². The Labute approximate surface area is 190 Å². The Morgan fingerprint density at radius 2 is 1.88 bits per heavy atom. The van der Waals surface area contributed by atoms with Crippen molar-refractivity contribution in [3.8, 4) is 11.3 Å². The van der Waals surface area contributed by atoms with E-state index in [9.17, 15) is 4.79 Å². The minimum Gasteiger partial charge on any atom is -0.305 e. The van der Waals surface area contributed by atoms with E-state index in [1.807, 2.05) is 24.0 Å². The number of hydrogen-bond donors (Lipinski definition) is 1. The van der Waals surface area contributed by atoms with Gasteiger partial charge in [-0.25, -0.2) is 9.67 Å². The first-order valence-corrected chi connectivity index (χ1v) is 11.1. The van der Waals surface area contributed by atoms with Gasteiger partial charge in [0.05, 0.1) is 30.1 Å². The molecule has 170 valence electrons. The largest absolute Gasteiger partial charge is 0.305 e. The highest BCUT2D eigenvalue weighted by Crippen LogP contribution is 2.24. The van der Waals surface area contributed by atoms with Gasteiger partial charge < -0.3 is 10.2 Å². The number of nitrogens with one attached hydrogen (secondary N) is 1. The van der Waals surface area contributed by atoms with E-state index >= 15 is 0 Å². The number of amides is 1. The molecule has 0 aromatic carbocycles. The van der Waals surface area contributed by atoms with Crippen LogP contribution in [0.4, 0.5) is 5.82 Å². The van der Waals surface area contributed by atoms with Gasteiger partial charge in [0.15, 0.2) is 5.69 Å². The molecule has 1 fully saturated rings. The molecule has 33 heavy (non-hydrogen) atoms. The van der Waals surface area contributed by atoms with Crippen LogP contribution < -0.4 is 5.32 Å². The van der Waals surface area contributed by atoms with Gasteiger partial charge in [0.1, 0.15) is 11.5 Å². The number of hydrogen-bond acceptors (Lipinski definition) is 8. The molecule has 1 N–H and O–H groups in total. The fourth-order valence-corrected chi connectivity index (χ4v) is 4.13. The Morgan fingerprint density at radius 1 is 1.06 bits per heavy atom. The summed E-state index contributed by atoms with van der Waals surface area (Å²) in [4.78, 5) is 24.0. The molecule has 0 atom stereocenters. The molecule has 0 saturated carbocycles. The average molecular weight is 447 g/mol. The van der Waals surface area contributed by atoms with Gasteiger partial charge in [0.25, 0.3) is 5.91 Å². The summed E-state index contributed by atoms with van der Waals surface area (Å²) in [5.74, 6) is 0.0798. The van der Waals surface area contributed by atoms with Crippen LogP contribution in [0.1, 0.15) is 43.2 Å². The maximum Gasteiger partial charge on any atom is 0.278 e. The van der Waals surface area contributed by atoms with Crippen LogP contribution in [0.15, 0.2) is 36.9 Å². The lowest BCUT2D eigenvalue weighted by molar-refractivity contribution is 0.102. The second-order valence-electron chi connectivity index (χ2n) is 8.66. The van der Waals surface area contributed by atoms with Crippen LogP contribution in [-0.2, 0) is 7.05 Å². The minimum absolute atomic E-state index is 0.262. The Hall–Kier alpha value is -3.73. The van der Waals surface area contributed by atoms with Gasteiger partial charge >= 0.3 is 0 Å². The summed E-state index contributed by atoms with van der Waals surface area (Å²) in [5, 5.41) is 20.0. The number of pyridine rings is 2. The van der Waals surface area contributed by atoms with Crippen molar-refractivity contribution in [1.82, 2.24) is 44.9 Å². The molecule has 11 nitrogen and oxygen atoms in total. The number of carbonyl (C=O) groups is 1. The highest BCUT2D eigenvalue weighted by molar-refractivity contribution is 6.02. The molecule has 5 rings (SSSR count). The van der Waals surface area contributed by atoms with E-state index in [1.54, 1.807) is 29.3 Å². The fourth-order valence-electron chi connectivity index (χ4n) is 4.13. The lowest BCUT2D eigenvalue weighted by Crippen LogP contribution is -2.39. The van der Waals surface area contributed by atoms with Gasteiger partial charge in [0, 0.05) is 43.3 Å². The van der Waals surface area contributed by atoms with Gasteiger partial charge in [-0.3, -0.25) is 14.5 Å². The van der Waals surface area contributed by atoms with Gasteiger partial charge in [0.2, 0.25) is 0 Å². The SMILES string of the molecule is CC(C)N1CCC(n2cc(C(=O)Nc3cc4cc(-c5cn(C)nn5)cnc4cn3)nn2)CC1. The van der Waals surface area contributed by atoms with Crippen LogP contribution in [0.2, 0.25) is 0 Å². The number of aromatic nitrogens is 8. The summed E-state index contributed by atoms with van der Waals surface area (Å²) >= 11 is 0. The normalized spacial score (nSPS) is 15.4. The van der Waals surface area contributed by atoms with Crippen molar-refractivity contribution >= 4 is 22.6 Å². The Bertz CT molecular complexity index is 1290. The Balaban J connectivity index is 1.29. The zero-order valence-electron chi connectivity index (χ0n) is 18.9. The zero-order valence-corrected chi connectivity index (χ0v) is 18.9. The third-order valence-corrected chi connectivity index (χ3v) is 6.05. The first-order valence-electron chi connectivity index (χ1n) is 11.1. The summed E-state index contributed by atoms with van der Waals surface area (Å²) in [6.07, 6.45) is 8.90. The van der Waals surface area contributed by atoms with E-state index in [0.717, 1.165) is 48.1 Å². The molecule has 1 aliphatic rings. The number of carbonyl (C=O) groups excluding carboxylic acids is 1. The Kier molecular flexibility index (Phi) is 5.55. The molecule has 0 aliphatic carbocycles. The smallest absolute Gasteiger partial charge is 0.278 e. The van der Waals surface area contributed by atoms with Gasteiger partial charge in [-0.05, 0) is 38.8 Å². The first-order chi connectivity index (χ1) is 16.0. The summed E-state index contributed by atoms with van der Waals surface area (Å²) in [5.41, 5.74) is 2.56. The van der Waals surface area contributed by atoms with Crippen LogP contribution in [0, 0.1) is 0 Å². The second-order valence-corrected chi connectivity index (χ2v) is 8.66. The van der Waals surface area contributed by atoms with Crippen LogP contribution >= 0.6 is 0 Å². The van der Waals surface area contributed by atoms with Crippen molar-refractivity contribution in [2.24, 2.45) is 7.05 Å². The van der Waals surface area contributed by atoms with Crippen LogP contribution in [-0.4, -0.2) is 69.9 Å². The number of fused-ring (bicyclic) bond motifs is 1. The maximum absolute atomic E-state index is 12.8. The Morgan fingerprint density at radius 3 is 2.61 bits per heavy atom. The molecular weight excluding hydrogens is 420 g/mol. The molecule has 4 aromatic rings. The van der Waals surface area contributed by atoms with Gasteiger partial charge in [-0.1, -0.05) is 10.4 Å². The van der Waals surface area contributed by atoms with Crippen molar-refractivity contribution < 1.29 is 4.79 Å². The number of aryl methyl sites for hydroxylation is 1. The maximum atomic E-state index is 12.8. The van der Waals surface area contributed by atoms with E-state index in [-0.39, 0.29) is 17.6 Å². The molecule has 0 bridgehead atoms. The molecule has 0 spiro atoms. The zero-order chi connectivity index (χ0) is 22.9. The summed E-state index contributed by atoms with van der Waals surface area (Å²) in [6, 6.07) is 4.54. The molecule has 1 aliphatic heterocycles. The second kappa shape index (κ2) is 8.66. The minimum atomic E-state index is -0.342. The molecule has 1 amide bonds. The summed E-state index contributed by atoms with van der Waals surface area (Å²) in [7, 11) is 1.81. The van der Waals surface area contributed by atoms with Crippen LogP contribution in [0.25, 0.3) is 22.2 Å². The molecule has 5 heterocycles. The van der Waals surface area contributed by atoms with E-state index in [2.05, 4.69) is 54.7 Å². The summed E-state index contributed by atoms with van der Waals surface area (Å²) in [6.45, 7) is 6.47. The van der Waals surface area contributed by atoms with Crippen molar-refractivity contribution in [2.45, 2.75) is 38.8 Å². The van der Waals surface area contributed by atoms with Crippen LogP contribution in [0.5, 0.6) is 0 Å². The van der Waals surface area contributed by atoms with Crippen molar-refractivity contribution in [3.63, 3.8) is 0 Å². The predicted molar refractivity (Wildman–Crippen MR) is 122 cm³/mol. The molecule has 4 aromatic heterocycles. The monoisotopic (exact) mass is 446 g/mol. The predicted octanol–water partition coefficient (Wildman–Crippen LogP) is 2.31. The molecule has 11 heteroatoms. The van der Waals surface area contributed by atoms with Crippen molar-refractivity contribution in [1.29, 1.82) is 0 Å². The number of likely N-dealkylation sites (tertiary alicyclic amines) is 1. The van der Waals surface area contributed by atoms with Gasteiger partial charge in [-0.2, -0.15) is 0 Å². The van der Waals surface area contributed by atoms with E-state index in [0.29, 0.717) is 11.9 Å². The van der Waals surface area contributed by atoms with E-state index in [1.165, 1.54) is 0 Å². The van der Waals surface area contributed by atoms with Crippen molar-refractivity contribution in [2.75, 3.05) is 18.4 Å². The van der Waals surface area contributed by atoms with Gasteiger partial charge in [-0.15, -0.1) is 10.2 Å². The molecule has 1 saturated heterocycles. The third-order valence-electron chi connectivity index (χ3n) is 6.05. The number of nitrogens with zero attached hydrogens (tertiary/aromatic N) is 9. The highest BCUT2D eigenvalue weighted by Gasteiger charge is 2.24.